The molecule has 0 unspecified atom stereocenters. The van der Waals surface area contributed by atoms with Crippen molar-refractivity contribution in [3.8, 4) is 0 Å². The number of aromatic amines is 1. The topological polar surface area (TPSA) is 82.2 Å². The van der Waals surface area contributed by atoms with Crippen molar-refractivity contribution in [1.29, 1.82) is 0 Å². The fourth-order valence-corrected chi connectivity index (χ4v) is 2.40. The minimum Gasteiger partial charge on any atom is -0.480 e. The third-order valence-corrected chi connectivity index (χ3v) is 3.74. The molecule has 3 N–H and O–H groups in total. The number of amides is 1. The van der Waals surface area contributed by atoms with E-state index in [1.54, 1.807) is 6.07 Å². The van der Waals surface area contributed by atoms with Gasteiger partial charge in [-0.05, 0) is 31.4 Å². The van der Waals surface area contributed by atoms with Gasteiger partial charge in [0.1, 0.15) is 11.2 Å². The summed E-state index contributed by atoms with van der Waals surface area (Å²) in [5.74, 6) is -1.32. The van der Waals surface area contributed by atoms with Crippen LogP contribution in [0.1, 0.15) is 29.8 Å². The summed E-state index contributed by atoms with van der Waals surface area (Å²) in [7, 11) is 0. The SMILES string of the molecule is O=C(NC1(C(=O)O)CCC1)c1cc2ccccc2[nH]1. The van der Waals surface area contributed by atoms with Crippen molar-refractivity contribution < 1.29 is 14.7 Å². The molecule has 0 bridgehead atoms. The Morgan fingerprint density at radius 3 is 2.58 bits per heavy atom. The number of nitrogens with one attached hydrogen (secondary N) is 2. The molecule has 0 aliphatic heterocycles. The zero-order valence-electron chi connectivity index (χ0n) is 10.3. The van der Waals surface area contributed by atoms with E-state index in [0.29, 0.717) is 18.5 Å². The lowest BCUT2D eigenvalue weighted by atomic mass is 9.76. The highest BCUT2D eigenvalue weighted by atomic mass is 16.4. The molecule has 1 aliphatic carbocycles. The van der Waals surface area contributed by atoms with Gasteiger partial charge in [0.15, 0.2) is 0 Å². The number of para-hydroxylation sites is 1. The number of aromatic nitrogens is 1. The molecule has 5 heteroatoms. The minimum atomic E-state index is -1.08. The molecule has 1 fully saturated rings. The van der Waals surface area contributed by atoms with E-state index < -0.39 is 11.5 Å². The van der Waals surface area contributed by atoms with Gasteiger partial charge in [0.05, 0.1) is 0 Å². The largest absolute Gasteiger partial charge is 0.480 e. The molecular formula is C14H14N2O3. The number of H-pyrrole nitrogens is 1. The lowest BCUT2D eigenvalue weighted by Gasteiger charge is -2.38. The molecule has 0 saturated heterocycles. The van der Waals surface area contributed by atoms with Crippen LogP contribution in [-0.4, -0.2) is 27.5 Å². The second-order valence-corrected chi connectivity index (χ2v) is 4.97. The van der Waals surface area contributed by atoms with Crippen molar-refractivity contribution in [2.45, 2.75) is 24.8 Å². The first-order valence-corrected chi connectivity index (χ1v) is 6.24. The summed E-state index contributed by atoms with van der Waals surface area (Å²) in [5.41, 5.74) is 0.188. The van der Waals surface area contributed by atoms with Crippen LogP contribution in [-0.2, 0) is 4.79 Å². The first-order valence-electron chi connectivity index (χ1n) is 6.24. The van der Waals surface area contributed by atoms with E-state index in [1.807, 2.05) is 24.3 Å². The minimum absolute atomic E-state index is 0.363. The Kier molecular flexibility index (Phi) is 2.55. The number of hydrogen-bond donors (Lipinski definition) is 3. The van der Waals surface area contributed by atoms with Gasteiger partial charge in [-0.3, -0.25) is 4.79 Å². The van der Waals surface area contributed by atoms with Crippen molar-refractivity contribution in [1.82, 2.24) is 10.3 Å². The number of carbonyl (C=O) groups is 2. The predicted octanol–water partition coefficient (Wildman–Crippen LogP) is 1.90. The highest BCUT2D eigenvalue weighted by Gasteiger charge is 2.45. The van der Waals surface area contributed by atoms with E-state index in [2.05, 4.69) is 10.3 Å². The average Bonchev–Trinajstić information content (AvgIpc) is 2.76. The highest BCUT2D eigenvalue weighted by molar-refractivity contribution is 6.00. The Labute approximate surface area is 109 Å². The van der Waals surface area contributed by atoms with Crippen LogP contribution >= 0.6 is 0 Å². The standard InChI is InChI=1S/C14H14N2O3/c17-12(16-14(13(18)19)6-3-7-14)11-8-9-4-1-2-5-10(9)15-11/h1-2,4-5,8,15H,3,6-7H2,(H,16,17)(H,18,19). The van der Waals surface area contributed by atoms with Gasteiger partial charge in [0.2, 0.25) is 0 Å². The highest BCUT2D eigenvalue weighted by Crippen LogP contribution is 2.32. The van der Waals surface area contributed by atoms with E-state index in [9.17, 15) is 14.7 Å². The third-order valence-electron chi connectivity index (χ3n) is 3.74. The van der Waals surface area contributed by atoms with Crippen molar-refractivity contribution in [2.75, 3.05) is 0 Å². The zero-order valence-corrected chi connectivity index (χ0v) is 10.3. The Morgan fingerprint density at radius 1 is 1.26 bits per heavy atom. The predicted molar refractivity (Wildman–Crippen MR) is 70.0 cm³/mol. The van der Waals surface area contributed by atoms with Crippen LogP contribution in [0.25, 0.3) is 10.9 Å². The molecule has 5 nitrogen and oxygen atoms in total. The number of benzene rings is 1. The summed E-state index contributed by atoms with van der Waals surface area (Å²) < 4.78 is 0. The van der Waals surface area contributed by atoms with Crippen LogP contribution in [0.2, 0.25) is 0 Å². The number of hydrogen-bond acceptors (Lipinski definition) is 2. The Hall–Kier alpha value is -2.30. The van der Waals surface area contributed by atoms with E-state index in [1.165, 1.54) is 0 Å². The van der Waals surface area contributed by atoms with E-state index >= 15 is 0 Å². The normalized spacial score (nSPS) is 16.8. The Bertz CT molecular complexity index is 623. The van der Waals surface area contributed by atoms with Gasteiger partial charge in [-0.2, -0.15) is 0 Å². The molecule has 1 heterocycles. The molecule has 1 saturated carbocycles. The number of rotatable bonds is 3. The van der Waals surface area contributed by atoms with Crippen LogP contribution in [0, 0.1) is 0 Å². The lowest BCUT2D eigenvalue weighted by Crippen LogP contribution is -2.59. The number of carbonyl (C=O) groups excluding carboxylic acids is 1. The summed E-state index contributed by atoms with van der Waals surface area (Å²) in [6.45, 7) is 0. The quantitative estimate of drug-likeness (QED) is 0.786. The smallest absolute Gasteiger partial charge is 0.329 e. The molecule has 1 aliphatic rings. The fourth-order valence-electron chi connectivity index (χ4n) is 2.40. The summed E-state index contributed by atoms with van der Waals surface area (Å²) in [5, 5.41) is 12.8. The van der Waals surface area contributed by atoms with Crippen molar-refractivity contribution in [3.63, 3.8) is 0 Å². The zero-order chi connectivity index (χ0) is 13.5. The molecular weight excluding hydrogens is 244 g/mol. The van der Waals surface area contributed by atoms with Crippen molar-refractivity contribution in [3.05, 3.63) is 36.0 Å². The first-order chi connectivity index (χ1) is 9.11. The lowest BCUT2D eigenvalue weighted by molar-refractivity contribution is -0.148. The molecule has 1 aromatic carbocycles. The Morgan fingerprint density at radius 2 is 2.00 bits per heavy atom. The number of fused-ring (bicyclic) bond motifs is 1. The number of aliphatic carboxylic acids is 1. The van der Waals surface area contributed by atoms with Gasteiger partial charge in [-0.1, -0.05) is 18.2 Å². The van der Waals surface area contributed by atoms with Crippen LogP contribution < -0.4 is 5.32 Å². The maximum absolute atomic E-state index is 12.1. The first kappa shape index (κ1) is 11.8. The molecule has 98 valence electrons. The van der Waals surface area contributed by atoms with Gasteiger partial charge in [-0.25, -0.2) is 4.79 Å². The number of carboxylic acids is 1. The van der Waals surface area contributed by atoms with E-state index in [0.717, 1.165) is 17.3 Å². The van der Waals surface area contributed by atoms with Crippen LogP contribution in [0.4, 0.5) is 0 Å². The monoisotopic (exact) mass is 258 g/mol. The molecule has 1 aromatic heterocycles. The maximum atomic E-state index is 12.1. The molecule has 2 aromatic rings. The van der Waals surface area contributed by atoms with Crippen LogP contribution in [0.5, 0.6) is 0 Å². The molecule has 0 radical (unpaired) electrons. The summed E-state index contributed by atoms with van der Waals surface area (Å²) in [4.78, 5) is 26.3. The van der Waals surface area contributed by atoms with E-state index in [4.69, 9.17) is 0 Å². The van der Waals surface area contributed by atoms with Crippen molar-refractivity contribution in [2.24, 2.45) is 0 Å². The van der Waals surface area contributed by atoms with Gasteiger partial charge >= 0.3 is 5.97 Å². The van der Waals surface area contributed by atoms with E-state index in [-0.39, 0.29) is 5.91 Å². The van der Waals surface area contributed by atoms with Gasteiger partial charge in [0, 0.05) is 10.9 Å². The third kappa shape index (κ3) is 1.87. The molecule has 0 atom stereocenters. The van der Waals surface area contributed by atoms with Crippen molar-refractivity contribution >= 4 is 22.8 Å². The molecule has 1 amide bonds. The second kappa shape index (κ2) is 4.12. The number of carboxylic acid groups (broad SMARTS) is 1. The summed E-state index contributed by atoms with van der Waals surface area (Å²) in [6.07, 6.45) is 1.82. The fraction of sp³-hybridized carbons (Fsp3) is 0.286. The molecule has 19 heavy (non-hydrogen) atoms. The molecule has 3 rings (SSSR count). The maximum Gasteiger partial charge on any atom is 0.329 e. The Balaban J connectivity index is 1.86. The second-order valence-electron chi connectivity index (χ2n) is 4.97. The van der Waals surface area contributed by atoms with Crippen LogP contribution in [0.15, 0.2) is 30.3 Å². The van der Waals surface area contributed by atoms with Crippen LogP contribution in [0.3, 0.4) is 0 Å². The average molecular weight is 258 g/mol. The van der Waals surface area contributed by atoms with Gasteiger partial charge < -0.3 is 15.4 Å². The summed E-state index contributed by atoms with van der Waals surface area (Å²) >= 11 is 0. The molecule has 0 spiro atoms. The van der Waals surface area contributed by atoms with Gasteiger partial charge in [0.25, 0.3) is 5.91 Å². The summed E-state index contributed by atoms with van der Waals surface area (Å²) in [6, 6.07) is 9.29. The van der Waals surface area contributed by atoms with Gasteiger partial charge in [-0.15, -0.1) is 0 Å².